The third-order valence-electron chi connectivity index (χ3n) is 10.1. The largest absolute Gasteiger partial charge is 0.490 e. The molecule has 0 amide bonds. The Bertz CT molecular complexity index is 1500. The molecule has 0 bridgehead atoms. The molecule has 240 valence electrons. The molecule has 4 aliphatic rings. The number of Topliss-reactive ketones (excluding diaryl/α,β-unsaturated/α-hetero) is 2. The fourth-order valence-corrected chi connectivity index (χ4v) is 8.38. The minimum Gasteiger partial charge on any atom is -0.490 e. The SMILES string of the molecule is CCOc1cc(C2C3=C(CC(C)(C)CC3=O)N(C3CCCCC3)C3=C2C(=O)CC(C)(C)C3)cc(Cl)c1OCc1ccc(C)cc1. The Morgan fingerprint density at radius 1 is 0.822 bits per heavy atom. The van der Waals surface area contributed by atoms with Crippen LogP contribution in [0.15, 0.2) is 58.9 Å². The Morgan fingerprint density at radius 3 is 1.96 bits per heavy atom. The molecule has 2 aromatic rings. The predicted octanol–water partition coefficient (Wildman–Crippen LogP) is 9.64. The van der Waals surface area contributed by atoms with E-state index in [2.05, 4.69) is 51.7 Å². The van der Waals surface area contributed by atoms with Gasteiger partial charge in [-0.1, -0.05) is 88.4 Å². The van der Waals surface area contributed by atoms with Gasteiger partial charge in [-0.2, -0.15) is 0 Å². The zero-order valence-electron chi connectivity index (χ0n) is 27.9. The van der Waals surface area contributed by atoms with Crippen LogP contribution >= 0.6 is 11.6 Å². The molecule has 2 aromatic carbocycles. The Labute approximate surface area is 274 Å². The molecule has 0 atom stereocenters. The van der Waals surface area contributed by atoms with Crippen LogP contribution in [0, 0.1) is 17.8 Å². The maximum atomic E-state index is 14.3. The number of hydrogen-bond donors (Lipinski definition) is 0. The third kappa shape index (κ3) is 6.35. The number of nitrogens with zero attached hydrogens (tertiary/aromatic N) is 1. The van der Waals surface area contributed by atoms with Gasteiger partial charge < -0.3 is 14.4 Å². The van der Waals surface area contributed by atoms with E-state index in [0.717, 1.165) is 59.4 Å². The number of benzene rings is 2. The average molecular weight is 630 g/mol. The van der Waals surface area contributed by atoms with E-state index in [4.69, 9.17) is 21.1 Å². The first-order valence-corrected chi connectivity index (χ1v) is 17.2. The van der Waals surface area contributed by atoms with Gasteiger partial charge in [0.1, 0.15) is 6.61 Å². The van der Waals surface area contributed by atoms with Crippen LogP contribution in [0.25, 0.3) is 0 Å². The average Bonchev–Trinajstić information content (AvgIpc) is 2.96. The second-order valence-corrected chi connectivity index (χ2v) is 15.6. The number of ketones is 2. The van der Waals surface area contributed by atoms with Crippen LogP contribution in [-0.4, -0.2) is 29.1 Å². The molecule has 6 heteroatoms. The van der Waals surface area contributed by atoms with Crippen molar-refractivity contribution in [3.63, 3.8) is 0 Å². The van der Waals surface area contributed by atoms with Crippen LogP contribution in [-0.2, 0) is 16.2 Å². The third-order valence-corrected chi connectivity index (χ3v) is 10.3. The van der Waals surface area contributed by atoms with E-state index >= 15 is 0 Å². The van der Waals surface area contributed by atoms with E-state index in [9.17, 15) is 9.59 Å². The van der Waals surface area contributed by atoms with E-state index in [1.54, 1.807) is 0 Å². The smallest absolute Gasteiger partial charge is 0.180 e. The van der Waals surface area contributed by atoms with Crippen LogP contribution in [0.3, 0.4) is 0 Å². The Balaban J connectivity index is 1.51. The van der Waals surface area contributed by atoms with E-state index in [1.807, 2.05) is 31.2 Å². The molecule has 0 aromatic heterocycles. The van der Waals surface area contributed by atoms with Crippen LogP contribution in [0.4, 0.5) is 0 Å². The Kier molecular flexibility index (Phi) is 8.71. The lowest BCUT2D eigenvalue weighted by Gasteiger charge is -2.52. The number of ether oxygens (including phenoxy) is 2. The highest BCUT2D eigenvalue weighted by atomic mass is 35.5. The van der Waals surface area contributed by atoms with Crippen LogP contribution in [0.5, 0.6) is 11.5 Å². The van der Waals surface area contributed by atoms with Gasteiger partial charge >= 0.3 is 0 Å². The number of allylic oxidation sites excluding steroid dienone is 4. The lowest BCUT2D eigenvalue weighted by Crippen LogP contribution is -2.48. The Hall–Kier alpha value is -3.05. The maximum Gasteiger partial charge on any atom is 0.180 e. The number of hydrogen-bond acceptors (Lipinski definition) is 5. The zero-order valence-corrected chi connectivity index (χ0v) is 28.6. The number of halogens is 1. The molecule has 3 aliphatic carbocycles. The van der Waals surface area contributed by atoms with Gasteiger partial charge in [-0.25, -0.2) is 0 Å². The summed E-state index contributed by atoms with van der Waals surface area (Å²) in [7, 11) is 0. The lowest BCUT2D eigenvalue weighted by atomic mass is 9.63. The molecule has 0 radical (unpaired) electrons. The van der Waals surface area contributed by atoms with E-state index in [1.165, 1.54) is 24.8 Å². The molecular formula is C39H48ClNO4. The molecule has 5 nitrogen and oxygen atoms in total. The highest BCUT2D eigenvalue weighted by molar-refractivity contribution is 6.32. The van der Waals surface area contributed by atoms with Crippen LogP contribution in [0.1, 0.15) is 115 Å². The summed E-state index contributed by atoms with van der Waals surface area (Å²) < 4.78 is 12.4. The van der Waals surface area contributed by atoms with Crippen molar-refractivity contribution < 1.29 is 19.1 Å². The van der Waals surface area contributed by atoms with Crippen LogP contribution < -0.4 is 9.47 Å². The van der Waals surface area contributed by atoms with Crippen molar-refractivity contribution >= 4 is 23.2 Å². The predicted molar refractivity (Wildman–Crippen MR) is 180 cm³/mol. The van der Waals surface area contributed by atoms with Crippen molar-refractivity contribution in [2.75, 3.05) is 6.61 Å². The minimum atomic E-state index is -0.468. The molecule has 0 unspecified atom stereocenters. The van der Waals surface area contributed by atoms with Gasteiger partial charge in [0, 0.05) is 47.3 Å². The van der Waals surface area contributed by atoms with Gasteiger partial charge in [0.25, 0.3) is 0 Å². The Morgan fingerprint density at radius 2 is 1.40 bits per heavy atom. The van der Waals surface area contributed by atoms with Gasteiger partial charge in [-0.15, -0.1) is 0 Å². The summed E-state index contributed by atoms with van der Waals surface area (Å²) in [6.45, 7) is 13.6. The number of rotatable bonds is 7. The first-order valence-electron chi connectivity index (χ1n) is 16.8. The molecule has 0 saturated heterocycles. The molecule has 45 heavy (non-hydrogen) atoms. The van der Waals surface area contributed by atoms with Crippen molar-refractivity contribution in [1.29, 1.82) is 0 Å². The molecule has 1 saturated carbocycles. The number of aryl methyl sites for hydroxylation is 1. The van der Waals surface area contributed by atoms with Gasteiger partial charge in [0.15, 0.2) is 23.1 Å². The van der Waals surface area contributed by atoms with Crippen molar-refractivity contribution in [1.82, 2.24) is 4.90 Å². The summed E-state index contributed by atoms with van der Waals surface area (Å²) in [4.78, 5) is 31.1. The van der Waals surface area contributed by atoms with Gasteiger partial charge in [-0.3, -0.25) is 9.59 Å². The molecule has 1 fully saturated rings. The van der Waals surface area contributed by atoms with Crippen LogP contribution in [0.2, 0.25) is 5.02 Å². The quantitative estimate of drug-likeness (QED) is 0.305. The van der Waals surface area contributed by atoms with E-state index in [0.29, 0.717) is 48.6 Å². The first-order chi connectivity index (χ1) is 21.4. The van der Waals surface area contributed by atoms with Crippen molar-refractivity contribution in [2.45, 2.75) is 118 Å². The second kappa shape index (κ2) is 12.3. The monoisotopic (exact) mass is 629 g/mol. The summed E-state index contributed by atoms with van der Waals surface area (Å²) in [6.07, 6.45) is 8.36. The summed E-state index contributed by atoms with van der Waals surface area (Å²) in [6, 6.07) is 12.4. The van der Waals surface area contributed by atoms with E-state index < -0.39 is 5.92 Å². The van der Waals surface area contributed by atoms with Gasteiger partial charge in [0.05, 0.1) is 11.6 Å². The zero-order chi connectivity index (χ0) is 32.1. The van der Waals surface area contributed by atoms with Crippen molar-refractivity contribution in [3.8, 4) is 11.5 Å². The molecule has 6 rings (SSSR count). The fourth-order valence-electron chi connectivity index (χ4n) is 8.11. The molecule has 0 spiro atoms. The van der Waals surface area contributed by atoms with Crippen molar-refractivity contribution in [2.24, 2.45) is 10.8 Å². The first kappa shape index (κ1) is 31.9. The van der Waals surface area contributed by atoms with E-state index in [-0.39, 0.29) is 22.4 Å². The topological polar surface area (TPSA) is 55.8 Å². The van der Waals surface area contributed by atoms with Gasteiger partial charge in [0.2, 0.25) is 0 Å². The molecule has 1 aliphatic heterocycles. The highest BCUT2D eigenvalue weighted by Gasteiger charge is 2.50. The summed E-state index contributed by atoms with van der Waals surface area (Å²) >= 11 is 7.03. The fraction of sp³-hybridized carbons (Fsp3) is 0.538. The second-order valence-electron chi connectivity index (χ2n) is 15.2. The highest BCUT2D eigenvalue weighted by Crippen LogP contribution is 2.56. The maximum absolute atomic E-state index is 14.3. The molecule has 1 heterocycles. The molecule has 0 N–H and O–H groups in total. The van der Waals surface area contributed by atoms with Gasteiger partial charge in [-0.05, 0) is 73.6 Å². The summed E-state index contributed by atoms with van der Waals surface area (Å²) in [5.74, 6) is 0.844. The molecular weight excluding hydrogens is 582 g/mol. The summed E-state index contributed by atoms with van der Waals surface area (Å²) in [5.41, 5.74) is 6.59. The minimum absolute atomic E-state index is 0.144. The lowest BCUT2D eigenvalue weighted by molar-refractivity contribution is -0.119. The van der Waals surface area contributed by atoms with Crippen molar-refractivity contribution in [3.05, 3.63) is 80.7 Å². The normalized spacial score (nSPS) is 22.0. The number of carbonyl (C=O) groups excluding carboxylic acids is 2. The summed E-state index contributed by atoms with van der Waals surface area (Å²) in [5, 5.41) is 0.425. The standard InChI is InChI=1S/C39H48ClNO4/c1-7-44-33-18-26(17-28(40)37(33)45-23-25-15-13-24(2)14-16-25)34-35-29(19-38(3,4)21-31(35)42)41(27-11-9-8-10-12-27)30-20-39(5,6)22-32(43)36(30)34/h13-18,27,34H,7-12,19-23H2,1-6H3. The number of carbonyl (C=O) groups is 2.